The molecule has 3 rings (SSSR count). The van der Waals surface area contributed by atoms with Crippen LogP contribution in [-0.2, 0) is 13.2 Å². The van der Waals surface area contributed by atoms with Crippen molar-refractivity contribution in [2.75, 3.05) is 25.0 Å². The first-order chi connectivity index (χ1) is 13.7. The number of hydrogen-bond donors (Lipinski definition) is 1. The van der Waals surface area contributed by atoms with E-state index in [1.165, 1.54) is 37.4 Å². The van der Waals surface area contributed by atoms with Gasteiger partial charge in [0.25, 0.3) is 5.56 Å². The van der Waals surface area contributed by atoms with Crippen LogP contribution in [0.4, 0.5) is 23.8 Å². The van der Waals surface area contributed by atoms with Crippen LogP contribution in [0.1, 0.15) is 18.4 Å². The number of likely N-dealkylation sites (tertiary alicyclic amines) is 1. The lowest BCUT2D eigenvalue weighted by Gasteiger charge is -2.32. The zero-order valence-corrected chi connectivity index (χ0v) is 15.8. The van der Waals surface area contributed by atoms with E-state index in [9.17, 15) is 22.8 Å². The normalized spacial score (nSPS) is 15.2. The lowest BCUT2D eigenvalue weighted by atomic mass is 9.98. The first-order valence-corrected chi connectivity index (χ1v) is 9.13. The fourth-order valence-corrected chi connectivity index (χ4v) is 3.09. The molecule has 1 aromatic heterocycles. The third-order valence-electron chi connectivity index (χ3n) is 4.76. The van der Waals surface area contributed by atoms with Gasteiger partial charge in [-0.15, -0.1) is 0 Å². The smallest absolute Gasteiger partial charge is 0.419 e. The van der Waals surface area contributed by atoms with E-state index in [0.29, 0.717) is 25.9 Å². The molecule has 10 heteroatoms. The number of halogens is 3. The molecule has 1 aromatic carbocycles. The van der Waals surface area contributed by atoms with Gasteiger partial charge in [-0.2, -0.15) is 18.3 Å². The number of carbonyl (C=O) groups is 1. The summed E-state index contributed by atoms with van der Waals surface area (Å²) >= 11 is 0. The molecule has 0 bridgehead atoms. The van der Waals surface area contributed by atoms with Crippen molar-refractivity contribution < 1.29 is 22.7 Å². The molecule has 1 aliphatic heterocycles. The summed E-state index contributed by atoms with van der Waals surface area (Å²) in [7, 11) is 1.49. The van der Waals surface area contributed by atoms with Crippen LogP contribution in [0.2, 0.25) is 0 Å². The predicted octanol–water partition coefficient (Wildman–Crippen LogP) is 3.12. The van der Waals surface area contributed by atoms with E-state index in [1.54, 1.807) is 4.90 Å². The number of benzene rings is 1. The minimum Gasteiger partial charge on any atom is -0.493 e. The van der Waals surface area contributed by atoms with E-state index in [0.717, 1.165) is 10.7 Å². The van der Waals surface area contributed by atoms with Gasteiger partial charge in [-0.3, -0.25) is 10.1 Å². The topological polar surface area (TPSA) is 76.5 Å². The Morgan fingerprint density at radius 2 is 1.90 bits per heavy atom. The Hall–Kier alpha value is -3.04. The van der Waals surface area contributed by atoms with E-state index in [2.05, 4.69) is 10.4 Å². The average molecular weight is 410 g/mol. The van der Waals surface area contributed by atoms with Gasteiger partial charge >= 0.3 is 12.2 Å². The van der Waals surface area contributed by atoms with E-state index in [4.69, 9.17) is 4.74 Å². The Morgan fingerprint density at radius 3 is 2.55 bits per heavy atom. The van der Waals surface area contributed by atoms with E-state index < -0.39 is 11.7 Å². The number of hydrogen-bond acceptors (Lipinski definition) is 4. The third kappa shape index (κ3) is 5.27. The van der Waals surface area contributed by atoms with Crippen molar-refractivity contribution in [1.82, 2.24) is 14.7 Å². The number of piperidine rings is 1. The summed E-state index contributed by atoms with van der Waals surface area (Å²) in [5.74, 6) is 0.142. The summed E-state index contributed by atoms with van der Waals surface area (Å²) in [6.45, 7) is 1.06. The van der Waals surface area contributed by atoms with E-state index in [-0.39, 0.29) is 35.7 Å². The molecule has 0 unspecified atom stereocenters. The van der Waals surface area contributed by atoms with Crippen molar-refractivity contribution >= 4 is 11.8 Å². The van der Waals surface area contributed by atoms with Gasteiger partial charge < -0.3 is 9.64 Å². The Bertz CT molecular complexity index is 921. The summed E-state index contributed by atoms with van der Waals surface area (Å²) in [5.41, 5.74) is -1.07. The fourth-order valence-electron chi connectivity index (χ4n) is 3.09. The molecule has 1 N–H and O–H groups in total. The summed E-state index contributed by atoms with van der Waals surface area (Å²) < 4.78 is 45.6. The number of urea groups is 1. The van der Waals surface area contributed by atoms with Crippen LogP contribution >= 0.6 is 0 Å². The van der Waals surface area contributed by atoms with Crippen LogP contribution in [0.3, 0.4) is 0 Å². The zero-order valence-electron chi connectivity index (χ0n) is 15.8. The molecule has 0 atom stereocenters. The van der Waals surface area contributed by atoms with Gasteiger partial charge in [0.05, 0.1) is 12.2 Å². The van der Waals surface area contributed by atoms with Gasteiger partial charge in [0.15, 0.2) is 5.82 Å². The van der Waals surface area contributed by atoms with Gasteiger partial charge in [-0.25, -0.2) is 9.48 Å². The molecule has 0 aliphatic carbocycles. The van der Waals surface area contributed by atoms with Gasteiger partial charge in [0.1, 0.15) is 5.75 Å². The number of nitrogens with one attached hydrogen (secondary N) is 1. The molecule has 156 valence electrons. The SMILES string of the molecule is Cn1nc(NC(=O)N2CCC(COc3ccccc3C(F)(F)F)CC2)ccc1=O. The highest BCUT2D eigenvalue weighted by atomic mass is 19.4. The second-order valence-electron chi connectivity index (χ2n) is 6.85. The van der Waals surface area contributed by atoms with Crippen LogP contribution in [-0.4, -0.2) is 40.4 Å². The molecule has 2 aromatic rings. The summed E-state index contributed by atoms with van der Waals surface area (Å²) in [6.07, 6.45) is -3.24. The van der Waals surface area contributed by atoms with Crippen molar-refractivity contribution in [3.05, 3.63) is 52.3 Å². The monoisotopic (exact) mass is 410 g/mol. The number of alkyl halides is 3. The van der Waals surface area contributed by atoms with Crippen molar-refractivity contribution in [3.63, 3.8) is 0 Å². The minimum atomic E-state index is -4.47. The molecule has 0 radical (unpaired) electrons. The summed E-state index contributed by atoms with van der Waals surface area (Å²) in [5, 5.41) is 6.58. The lowest BCUT2D eigenvalue weighted by Crippen LogP contribution is -2.42. The minimum absolute atomic E-state index is 0.0519. The van der Waals surface area contributed by atoms with Crippen molar-refractivity contribution in [2.24, 2.45) is 13.0 Å². The first kappa shape index (κ1) is 20.7. The molecule has 1 fully saturated rings. The predicted molar refractivity (Wildman–Crippen MR) is 99.7 cm³/mol. The number of rotatable bonds is 4. The van der Waals surface area contributed by atoms with Crippen LogP contribution in [0.25, 0.3) is 0 Å². The molecule has 0 saturated carbocycles. The summed E-state index contributed by atoms with van der Waals surface area (Å²) in [4.78, 5) is 25.3. The maximum Gasteiger partial charge on any atom is 0.419 e. The number of carbonyl (C=O) groups excluding carboxylic acids is 1. The maximum absolute atomic E-state index is 13.0. The van der Waals surface area contributed by atoms with Gasteiger partial charge in [0.2, 0.25) is 0 Å². The Kier molecular flexibility index (Phi) is 6.09. The number of anilines is 1. The third-order valence-corrected chi connectivity index (χ3v) is 4.76. The molecule has 1 saturated heterocycles. The maximum atomic E-state index is 13.0. The van der Waals surface area contributed by atoms with Gasteiger partial charge in [-0.05, 0) is 37.0 Å². The molecule has 7 nitrogen and oxygen atoms in total. The van der Waals surface area contributed by atoms with Gasteiger partial charge in [0, 0.05) is 26.2 Å². The van der Waals surface area contributed by atoms with Crippen LogP contribution < -0.4 is 15.6 Å². The number of amides is 2. The number of ether oxygens (including phenoxy) is 1. The highest BCUT2D eigenvalue weighted by Crippen LogP contribution is 2.36. The lowest BCUT2D eigenvalue weighted by molar-refractivity contribution is -0.139. The first-order valence-electron chi connectivity index (χ1n) is 9.13. The van der Waals surface area contributed by atoms with Crippen molar-refractivity contribution in [1.29, 1.82) is 0 Å². The largest absolute Gasteiger partial charge is 0.493 e. The summed E-state index contributed by atoms with van der Waals surface area (Å²) in [6, 6.07) is 7.54. The molecule has 2 heterocycles. The average Bonchev–Trinajstić information content (AvgIpc) is 2.69. The highest BCUT2D eigenvalue weighted by Gasteiger charge is 2.34. The van der Waals surface area contributed by atoms with E-state index >= 15 is 0 Å². The standard InChI is InChI=1S/C19H21F3N4O3/c1-25-17(27)7-6-16(24-25)23-18(28)26-10-8-13(9-11-26)12-29-15-5-3-2-4-14(15)19(20,21)22/h2-7,13H,8-12H2,1H3,(H,23,24,28). The fraction of sp³-hybridized carbons (Fsp3) is 0.421. The Morgan fingerprint density at radius 1 is 1.21 bits per heavy atom. The second kappa shape index (κ2) is 8.54. The molecule has 1 aliphatic rings. The number of aromatic nitrogens is 2. The van der Waals surface area contributed by atoms with Crippen LogP contribution in [0, 0.1) is 5.92 Å². The molecular weight excluding hydrogens is 389 g/mol. The van der Waals surface area contributed by atoms with Crippen molar-refractivity contribution in [2.45, 2.75) is 19.0 Å². The van der Waals surface area contributed by atoms with Crippen LogP contribution in [0.15, 0.2) is 41.2 Å². The molecular formula is C19H21F3N4O3. The van der Waals surface area contributed by atoms with Crippen LogP contribution in [0.5, 0.6) is 5.75 Å². The Balaban J connectivity index is 1.50. The van der Waals surface area contributed by atoms with E-state index in [1.807, 2.05) is 0 Å². The molecule has 2 amide bonds. The quantitative estimate of drug-likeness (QED) is 0.840. The molecule has 29 heavy (non-hydrogen) atoms. The number of para-hydroxylation sites is 1. The zero-order chi connectivity index (χ0) is 21.0. The van der Waals surface area contributed by atoms with Crippen molar-refractivity contribution in [3.8, 4) is 5.75 Å². The second-order valence-corrected chi connectivity index (χ2v) is 6.85. The highest BCUT2D eigenvalue weighted by molar-refractivity contribution is 5.88. The molecule has 0 spiro atoms. The Labute approximate surface area is 165 Å². The number of nitrogens with zero attached hydrogens (tertiary/aromatic N) is 3. The van der Waals surface area contributed by atoms with Gasteiger partial charge in [-0.1, -0.05) is 12.1 Å². The number of aryl methyl sites for hydroxylation is 1.